The van der Waals surface area contributed by atoms with E-state index >= 15 is 0 Å². The van der Waals surface area contributed by atoms with E-state index in [0.717, 1.165) is 17.1 Å². The number of rotatable bonds is 2. The highest BCUT2D eigenvalue weighted by Crippen LogP contribution is 2.04. The van der Waals surface area contributed by atoms with Crippen molar-refractivity contribution in [3.63, 3.8) is 0 Å². The van der Waals surface area contributed by atoms with Crippen LogP contribution < -0.4 is 11.4 Å². The van der Waals surface area contributed by atoms with Crippen LogP contribution in [0.15, 0.2) is 29.1 Å². The molecule has 0 aliphatic carbocycles. The van der Waals surface area contributed by atoms with Crippen LogP contribution >= 0.6 is 0 Å². The smallest absolute Gasteiger partial charge is 0.348 e. The predicted octanol–water partition coefficient (Wildman–Crippen LogP) is 0.886. The third-order valence-electron chi connectivity index (χ3n) is 2.49. The van der Waals surface area contributed by atoms with E-state index in [9.17, 15) is 4.79 Å². The molecule has 2 rings (SSSR count). The summed E-state index contributed by atoms with van der Waals surface area (Å²) < 4.78 is 1.58. The third kappa shape index (κ3) is 2.50. The summed E-state index contributed by atoms with van der Waals surface area (Å²) in [5.41, 5.74) is 7.69. The van der Waals surface area contributed by atoms with Crippen molar-refractivity contribution >= 4 is 5.82 Å². The van der Waals surface area contributed by atoms with Gasteiger partial charge in [0.25, 0.3) is 0 Å². The van der Waals surface area contributed by atoms with Gasteiger partial charge in [-0.15, -0.1) is 0 Å². The first kappa shape index (κ1) is 11.3. The molecule has 0 unspecified atom stereocenters. The van der Waals surface area contributed by atoms with E-state index in [1.54, 1.807) is 17.6 Å². The highest BCUT2D eigenvalue weighted by Gasteiger charge is 2.04. The van der Waals surface area contributed by atoms with Crippen molar-refractivity contribution in [1.82, 2.24) is 14.5 Å². The maximum absolute atomic E-state index is 11.7. The fraction of sp³-hybridized carbons (Fsp3) is 0.250. The Labute approximate surface area is 99.0 Å². The summed E-state index contributed by atoms with van der Waals surface area (Å²) in [5.74, 6) is 0.452. The predicted molar refractivity (Wildman–Crippen MR) is 65.7 cm³/mol. The van der Waals surface area contributed by atoms with Gasteiger partial charge < -0.3 is 5.73 Å². The number of pyridine rings is 1. The monoisotopic (exact) mass is 230 g/mol. The lowest BCUT2D eigenvalue weighted by molar-refractivity contribution is 0.681. The quantitative estimate of drug-likeness (QED) is 0.831. The van der Waals surface area contributed by atoms with E-state index in [1.807, 2.05) is 25.1 Å². The summed E-state index contributed by atoms with van der Waals surface area (Å²) in [5, 5.41) is 0. The zero-order chi connectivity index (χ0) is 12.4. The first-order chi connectivity index (χ1) is 8.06. The number of hydrogen-bond donors (Lipinski definition) is 1. The number of nitrogens with two attached hydrogens (primary N) is 1. The summed E-state index contributed by atoms with van der Waals surface area (Å²) >= 11 is 0. The summed E-state index contributed by atoms with van der Waals surface area (Å²) in [6.45, 7) is 4.07. The van der Waals surface area contributed by atoms with Crippen molar-refractivity contribution in [2.75, 3.05) is 5.73 Å². The van der Waals surface area contributed by atoms with Crippen LogP contribution in [0.5, 0.6) is 0 Å². The molecule has 0 spiro atoms. The molecule has 0 radical (unpaired) electrons. The number of nitrogen functional groups attached to an aromatic ring is 1. The van der Waals surface area contributed by atoms with Gasteiger partial charge in [-0.1, -0.05) is 6.07 Å². The maximum Gasteiger partial charge on any atom is 0.348 e. The highest BCUT2D eigenvalue weighted by molar-refractivity contribution is 5.29. The van der Waals surface area contributed by atoms with E-state index in [-0.39, 0.29) is 5.69 Å². The highest BCUT2D eigenvalue weighted by atomic mass is 16.1. The minimum absolute atomic E-state index is 0.258. The van der Waals surface area contributed by atoms with Gasteiger partial charge in [-0.3, -0.25) is 4.57 Å². The van der Waals surface area contributed by atoms with Crippen LogP contribution in [-0.2, 0) is 6.54 Å². The van der Waals surface area contributed by atoms with Crippen molar-refractivity contribution < 1.29 is 0 Å². The fourth-order valence-electron chi connectivity index (χ4n) is 1.72. The van der Waals surface area contributed by atoms with Gasteiger partial charge in [-0.25, -0.2) is 9.78 Å². The van der Waals surface area contributed by atoms with Gasteiger partial charge in [0.05, 0.1) is 12.2 Å². The molecule has 0 aromatic carbocycles. The van der Waals surface area contributed by atoms with Crippen molar-refractivity contribution in [2.45, 2.75) is 20.4 Å². The topological polar surface area (TPSA) is 73.8 Å². The van der Waals surface area contributed by atoms with Gasteiger partial charge in [0.15, 0.2) is 0 Å². The van der Waals surface area contributed by atoms with Gasteiger partial charge in [-0.2, -0.15) is 4.98 Å². The number of nitrogens with zero attached hydrogens (tertiary/aromatic N) is 3. The number of anilines is 1. The zero-order valence-electron chi connectivity index (χ0n) is 9.84. The molecule has 0 bridgehead atoms. The maximum atomic E-state index is 11.7. The van der Waals surface area contributed by atoms with Gasteiger partial charge in [0.1, 0.15) is 5.82 Å². The molecule has 0 saturated heterocycles. The van der Waals surface area contributed by atoms with E-state index in [0.29, 0.717) is 12.4 Å². The molecule has 0 aliphatic rings. The lowest BCUT2D eigenvalue weighted by Gasteiger charge is -2.09. The average Bonchev–Trinajstić information content (AvgIpc) is 2.23. The van der Waals surface area contributed by atoms with Gasteiger partial charge in [0, 0.05) is 11.4 Å². The molecular formula is C12H14N4O. The number of aromatic nitrogens is 3. The first-order valence-corrected chi connectivity index (χ1v) is 5.33. The molecule has 2 heterocycles. The Hall–Kier alpha value is -2.17. The van der Waals surface area contributed by atoms with Crippen LogP contribution in [0.2, 0.25) is 0 Å². The van der Waals surface area contributed by atoms with E-state index in [4.69, 9.17) is 5.73 Å². The van der Waals surface area contributed by atoms with Crippen molar-refractivity contribution in [3.05, 3.63) is 51.8 Å². The van der Waals surface area contributed by atoms with Crippen molar-refractivity contribution in [1.29, 1.82) is 0 Å². The summed E-state index contributed by atoms with van der Waals surface area (Å²) in [6.07, 6.45) is 0. The largest absolute Gasteiger partial charge is 0.384 e. The molecule has 88 valence electrons. The van der Waals surface area contributed by atoms with E-state index < -0.39 is 0 Å². The molecule has 0 aliphatic heterocycles. The summed E-state index contributed by atoms with van der Waals surface area (Å²) in [7, 11) is 0. The number of aryl methyl sites for hydroxylation is 2. The van der Waals surface area contributed by atoms with Crippen molar-refractivity contribution in [2.24, 2.45) is 0 Å². The Kier molecular flexibility index (Phi) is 2.91. The molecule has 0 saturated carbocycles. The molecule has 0 amide bonds. The minimum Gasteiger partial charge on any atom is -0.384 e. The zero-order valence-corrected chi connectivity index (χ0v) is 9.84. The first-order valence-electron chi connectivity index (χ1n) is 5.33. The third-order valence-corrected chi connectivity index (χ3v) is 2.49. The molecule has 2 aromatic heterocycles. The lowest BCUT2D eigenvalue weighted by Crippen LogP contribution is -2.26. The van der Waals surface area contributed by atoms with Gasteiger partial charge in [-0.05, 0) is 32.0 Å². The standard InChI is InChI=1S/C12H14N4O/c1-8-6-9(2)16(12(17)14-8)7-10-4-3-5-11(13)15-10/h3-6H,7H2,1-2H3,(H2,13,15). The van der Waals surface area contributed by atoms with E-state index in [1.165, 1.54) is 0 Å². The summed E-state index contributed by atoms with van der Waals surface area (Å²) in [6, 6.07) is 7.24. The summed E-state index contributed by atoms with van der Waals surface area (Å²) in [4.78, 5) is 19.8. The lowest BCUT2D eigenvalue weighted by atomic mass is 10.3. The molecular weight excluding hydrogens is 216 g/mol. The average molecular weight is 230 g/mol. The molecule has 17 heavy (non-hydrogen) atoms. The second-order valence-electron chi connectivity index (χ2n) is 3.96. The molecule has 2 aromatic rings. The van der Waals surface area contributed by atoms with Crippen LogP contribution in [-0.4, -0.2) is 14.5 Å². The number of hydrogen-bond acceptors (Lipinski definition) is 4. The Bertz CT molecular complexity index is 604. The molecule has 5 nitrogen and oxygen atoms in total. The molecule has 2 N–H and O–H groups in total. The molecule has 0 atom stereocenters. The SMILES string of the molecule is Cc1cc(C)n(Cc2cccc(N)n2)c(=O)n1. The van der Waals surface area contributed by atoms with Crippen LogP contribution in [0.25, 0.3) is 0 Å². The van der Waals surface area contributed by atoms with Crippen LogP contribution in [0, 0.1) is 13.8 Å². The minimum atomic E-state index is -0.258. The van der Waals surface area contributed by atoms with Crippen LogP contribution in [0.3, 0.4) is 0 Å². The fourth-order valence-corrected chi connectivity index (χ4v) is 1.72. The van der Waals surface area contributed by atoms with Gasteiger partial charge in [0.2, 0.25) is 0 Å². The Morgan fingerprint density at radius 3 is 2.71 bits per heavy atom. The normalized spacial score (nSPS) is 10.5. The Balaban J connectivity index is 2.40. The van der Waals surface area contributed by atoms with Crippen molar-refractivity contribution in [3.8, 4) is 0 Å². The Morgan fingerprint density at radius 1 is 1.29 bits per heavy atom. The van der Waals surface area contributed by atoms with E-state index in [2.05, 4.69) is 9.97 Å². The van der Waals surface area contributed by atoms with Crippen LogP contribution in [0.4, 0.5) is 5.82 Å². The second-order valence-corrected chi connectivity index (χ2v) is 3.96. The van der Waals surface area contributed by atoms with Gasteiger partial charge >= 0.3 is 5.69 Å². The second kappa shape index (κ2) is 4.37. The molecule has 5 heteroatoms. The van der Waals surface area contributed by atoms with Crippen LogP contribution in [0.1, 0.15) is 17.1 Å². The Morgan fingerprint density at radius 2 is 2.06 bits per heavy atom. The molecule has 0 fully saturated rings.